The molecule has 2 bridgehead atoms. The van der Waals surface area contributed by atoms with Gasteiger partial charge in [0.2, 0.25) is 5.89 Å². The normalized spacial score (nSPS) is 30.0. The second-order valence-corrected chi connectivity index (χ2v) is 10.3. The lowest BCUT2D eigenvalue weighted by Crippen LogP contribution is -2.65. The maximum absolute atomic E-state index is 13.0. The Morgan fingerprint density at radius 1 is 1.19 bits per heavy atom. The van der Waals surface area contributed by atoms with Crippen molar-refractivity contribution in [2.75, 3.05) is 0 Å². The zero-order chi connectivity index (χ0) is 22.1. The number of Topliss-reactive ketones (excluding diaryl/α,β-unsaturated/α-hetero) is 1. The van der Waals surface area contributed by atoms with Crippen molar-refractivity contribution in [2.45, 2.75) is 56.7 Å². The number of aliphatic hydroxyl groups excluding tert-OH is 1. The third-order valence-electron chi connectivity index (χ3n) is 7.38. The van der Waals surface area contributed by atoms with Crippen LogP contribution >= 0.6 is 11.6 Å². The molecule has 0 amide bonds. The summed E-state index contributed by atoms with van der Waals surface area (Å²) in [6, 6.07) is 13.4. The standard InChI is InChI=1S/C26H24ClNO4/c1-15-2-4-16(5-3-15)23-11-28-24(32-23)26-12-25(13-26,14-26)10-20(30)22-9-19(29)18-8-17(27)6-7-21(18)31-22/h2-8,11,19,22,29H,9-10,12-14H2,1H3/t19-,22-,25?,26?/m1/s1. The third-order valence-corrected chi connectivity index (χ3v) is 7.62. The van der Waals surface area contributed by atoms with Crippen LogP contribution in [0.25, 0.3) is 11.3 Å². The Kier molecular flexibility index (Phi) is 4.33. The van der Waals surface area contributed by atoms with Gasteiger partial charge in [-0.1, -0.05) is 41.4 Å². The van der Waals surface area contributed by atoms with Crippen LogP contribution in [0.4, 0.5) is 0 Å². The molecule has 2 atom stereocenters. The smallest absolute Gasteiger partial charge is 0.201 e. The maximum Gasteiger partial charge on any atom is 0.201 e. The number of carbonyl (C=O) groups is 1. The molecule has 0 spiro atoms. The van der Waals surface area contributed by atoms with Gasteiger partial charge in [-0.25, -0.2) is 4.98 Å². The van der Waals surface area contributed by atoms with Gasteiger partial charge in [0.15, 0.2) is 17.6 Å². The van der Waals surface area contributed by atoms with Crippen LogP contribution in [0.15, 0.2) is 53.1 Å². The summed E-state index contributed by atoms with van der Waals surface area (Å²) in [4.78, 5) is 17.6. The summed E-state index contributed by atoms with van der Waals surface area (Å²) >= 11 is 6.02. The van der Waals surface area contributed by atoms with E-state index in [2.05, 4.69) is 24.0 Å². The van der Waals surface area contributed by atoms with E-state index >= 15 is 0 Å². The number of hydrogen-bond donors (Lipinski definition) is 1. The second kappa shape index (κ2) is 6.93. The number of benzene rings is 2. The second-order valence-electron chi connectivity index (χ2n) is 9.89. The predicted octanol–water partition coefficient (Wildman–Crippen LogP) is 5.57. The van der Waals surface area contributed by atoms with Gasteiger partial charge in [0.25, 0.3) is 0 Å². The van der Waals surface area contributed by atoms with Crippen LogP contribution in [-0.2, 0) is 10.2 Å². The number of ketones is 1. The maximum atomic E-state index is 13.0. The Morgan fingerprint density at radius 2 is 1.94 bits per heavy atom. The van der Waals surface area contributed by atoms with Crippen LogP contribution < -0.4 is 4.74 Å². The highest BCUT2D eigenvalue weighted by Crippen LogP contribution is 2.75. The fraction of sp³-hybridized carbons (Fsp3) is 0.385. The zero-order valence-electron chi connectivity index (χ0n) is 17.8. The third kappa shape index (κ3) is 3.10. The van der Waals surface area contributed by atoms with E-state index < -0.39 is 12.2 Å². The van der Waals surface area contributed by atoms with E-state index in [-0.39, 0.29) is 23.0 Å². The van der Waals surface area contributed by atoms with Crippen molar-refractivity contribution in [3.05, 3.63) is 70.7 Å². The van der Waals surface area contributed by atoms with Gasteiger partial charge in [0, 0.05) is 34.4 Å². The quantitative estimate of drug-likeness (QED) is 0.551. The molecule has 32 heavy (non-hydrogen) atoms. The topological polar surface area (TPSA) is 72.6 Å². The Morgan fingerprint density at radius 3 is 2.69 bits per heavy atom. The number of aryl methyl sites for hydroxylation is 1. The number of halogens is 1. The first-order valence-electron chi connectivity index (χ1n) is 11.1. The first-order chi connectivity index (χ1) is 15.3. The molecule has 3 saturated carbocycles. The largest absolute Gasteiger partial charge is 0.482 e. The summed E-state index contributed by atoms with van der Waals surface area (Å²) < 4.78 is 12.0. The molecule has 3 aromatic rings. The molecule has 0 radical (unpaired) electrons. The minimum Gasteiger partial charge on any atom is -0.482 e. The summed E-state index contributed by atoms with van der Waals surface area (Å²) in [6.45, 7) is 2.06. The van der Waals surface area contributed by atoms with Gasteiger partial charge in [0.1, 0.15) is 5.75 Å². The number of oxazole rings is 1. The molecule has 2 heterocycles. The van der Waals surface area contributed by atoms with Crippen molar-refractivity contribution in [1.82, 2.24) is 4.98 Å². The van der Waals surface area contributed by atoms with Crippen molar-refractivity contribution in [3.8, 4) is 17.1 Å². The van der Waals surface area contributed by atoms with Crippen molar-refractivity contribution < 1.29 is 19.1 Å². The summed E-state index contributed by atoms with van der Waals surface area (Å²) in [5.41, 5.74) is 2.88. The van der Waals surface area contributed by atoms with Gasteiger partial charge in [-0.2, -0.15) is 0 Å². The summed E-state index contributed by atoms with van der Waals surface area (Å²) in [5, 5.41) is 11.0. The highest BCUT2D eigenvalue weighted by Gasteiger charge is 2.71. The van der Waals surface area contributed by atoms with Gasteiger partial charge in [-0.05, 0) is 49.8 Å². The summed E-state index contributed by atoms with van der Waals surface area (Å²) in [6.07, 6.45) is 3.95. The van der Waals surface area contributed by atoms with E-state index in [0.29, 0.717) is 22.8 Å². The number of carbonyl (C=O) groups excluding carboxylic acids is 1. The Bertz CT molecular complexity index is 1200. The average molecular weight is 450 g/mol. The lowest BCUT2D eigenvalue weighted by molar-refractivity contribution is -0.171. The van der Waals surface area contributed by atoms with E-state index in [1.807, 2.05) is 12.1 Å². The Hall–Kier alpha value is -2.63. The number of nitrogens with zero attached hydrogens (tertiary/aromatic N) is 1. The number of hydrogen-bond acceptors (Lipinski definition) is 5. The van der Waals surface area contributed by atoms with Crippen LogP contribution in [0, 0.1) is 12.3 Å². The molecule has 1 aromatic heterocycles. The van der Waals surface area contributed by atoms with E-state index in [0.717, 1.165) is 36.5 Å². The molecule has 0 saturated heterocycles. The van der Waals surface area contributed by atoms with E-state index in [9.17, 15) is 9.90 Å². The minimum absolute atomic E-state index is 0.0180. The molecule has 0 unspecified atom stereocenters. The van der Waals surface area contributed by atoms with Gasteiger partial charge in [0.05, 0.1) is 12.3 Å². The molecule has 2 aromatic carbocycles. The Balaban J connectivity index is 1.10. The fourth-order valence-corrected chi connectivity index (χ4v) is 6.06. The molecule has 5 nitrogen and oxygen atoms in total. The first-order valence-corrected chi connectivity index (χ1v) is 11.4. The summed E-state index contributed by atoms with van der Waals surface area (Å²) in [7, 11) is 0. The highest BCUT2D eigenvalue weighted by atomic mass is 35.5. The number of aliphatic hydroxyl groups is 1. The molecular weight excluding hydrogens is 426 g/mol. The highest BCUT2D eigenvalue weighted by molar-refractivity contribution is 6.30. The Labute approximate surface area is 191 Å². The molecular formula is C26H24ClNO4. The van der Waals surface area contributed by atoms with Crippen LogP contribution in [0.3, 0.4) is 0 Å². The van der Waals surface area contributed by atoms with Crippen LogP contribution in [0.1, 0.15) is 55.2 Å². The van der Waals surface area contributed by atoms with E-state index in [1.54, 1.807) is 24.4 Å². The van der Waals surface area contributed by atoms with E-state index in [4.69, 9.17) is 20.8 Å². The molecule has 3 aliphatic carbocycles. The van der Waals surface area contributed by atoms with Crippen LogP contribution in [0.2, 0.25) is 5.02 Å². The van der Waals surface area contributed by atoms with Gasteiger partial charge in [-0.3, -0.25) is 4.79 Å². The molecule has 6 heteroatoms. The number of fused-ring (bicyclic) bond motifs is 1. The summed E-state index contributed by atoms with van der Waals surface area (Å²) in [5.74, 6) is 2.19. The van der Waals surface area contributed by atoms with Crippen LogP contribution in [-0.4, -0.2) is 22.0 Å². The van der Waals surface area contributed by atoms with E-state index in [1.165, 1.54) is 5.56 Å². The molecule has 3 fully saturated rings. The number of rotatable bonds is 5. The van der Waals surface area contributed by atoms with Crippen molar-refractivity contribution in [3.63, 3.8) is 0 Å². The lowest BCUT2D eigenvalue weighted by atomic mass is 9.34. The lowest BCUT2D eigenvalue weighted by Gasteiger charge is -2.69. The van der Waals surface area contributed by atoms with Crippen molar-refractivity contribution in [2.24, 2.45) is 5.41 Å². The van der Waals surface area contributed by atoms with Crippen molar-refractivity contribution >= 4 is 17.4 Å². The zero-order valence-corrected chi connectivity index (χ0v) is 18.6. The monoisotopic (exact) mass is 449 g/mol. The number of ether oxygens (including phenoxy) is 1. The van der Waals surface area contributed by atoms with Crippen molar-refractivity contribution in [1.29, 1.82) is 0 Å². The minimum atomic E-state index is -0.738. The first kappa shape index (κ1) is 20.0. The molecule has 164 valence electrons. The van der Waals surface area contributed by atoms with Gasteiger partial charge >= 0.3 is 0 Å². The molecule has 1 aliphatic heterocycles. The average Bonchev–Trinajstić information content (AvgIpc) is 3.20. The molecule has 4 aliphatic rings. The molecule has 1 N–H and O–H groups in total. The SMILES string of the molecule is Cc1ccc(-c2cnc(C34CC(CC(=O)[C@H]5C[C@@H](O)c6cc(Cl)ccc6O5)(C3)C4)o2)cc1. The van der Waals surface area contributed by atoms with Gasteiger partial charge < -0.3 is 14.3 Å². The molecule has 7 rings (SSSR count). The number of aromatic nitrogens is 1. The van der Waals surface area contributed by atoms with Crippen LogP contribution in [0.5, 0.6) is 5.75 Å². The predicted molar refractivity (Wildman–Crippen MR) is 120 cm³/mol. The fourth-order valence-electron chi connectivity index (χ4n) is 5.88. The van der Waals surface area contributed by atoms with Gasteiger partial charge in [-0.15, -0.1) is 0 Å².